The zero-order valence-corrected chi connectivity index (χ0v) is 10.0. The Bertz CT molecular complexity index is 366. The van der Waals surface area contributed by atoms with Gasteiger partial charge in [0.1, 0.15) is 0 Å². The maximum atomic E-state index is 11.5. The molecule has 2 N–H and O–H groups in total. The first-order valence-electron chi connectivity index (χ1n) is 6.20. The lowest BCUT2D eigenvalue weighted by molar-refractivity contribution is -0.127. The summed E-state index contributed by atoms with van der Waals surface area (Å²) < 4.78 is 0. The van der Waals surface area contributed by atoms with Gasteiger partial charge in [0, 0.05) is 43.9 Å². The standard InChI is InChI=1S/C13H19N3O/c14-10-11(12-4-1-2-7-15-12)6-9-16-8-3-5-13(16)17/h1-2,4,7,11H,3,5-6,8-10,14H2. The molecule has 1 aromatic rings. The number of pyridine rings is 1. The molecule has 92 valence electrons. The van der Waals surface area contributed by atoms with Crippen LogP contribution in [0.2, 0.25) is 0 Å². The molecule has 0 aliphatic carbocycles. The van der Waals surface area contributed by atoms with Gasteiger partial charge in [-0.15, -0.1) is 0 Å². The first kappa shape index (κ1) is 12.0. The van der Waals surface area contributed by atoms with Gasteiger partial charge in [-0.25, -0.2) is 0 Å². The minimum absolute atomic E-state index is 0.254. The molecule has 2 rings (SSSR count). The van der Waals surface area contributed by atoms with Crippen molar-refractivity contribution in [3.63, 3.8) is 0 Å². The van der Waals surface area contributed by atoms with Gasteiger partial charge < -0.3 is 10.6 Å². The highest BCUT2D eigenvalue weighted by molar-refractivity contribution is 5.78. The monoisotopic (exact) mass is 233 g/mol. The molecule has 1 aliphatic rings. The smallest absolute Gasteiger partial charge is 0.222 e. The van der Waals surface area contributed by atoms with E-state index in [-0.39, 0.29) is 11.8 Å². The van der Waals surface area contributed by atoms with Crippen LogP contribution in [-0.4, -0.2) is 35.4 Å². The largest absolute Gasteiger partial charge is 0.343 e. The topological polar surface area (TPSA) is 59.2 Å². The highest BCUT2D eigenvalue weighted by Gasteiger charge is 2.21. The highest BCUT2D eigenvalue weighted by atomic mass is 16.2. The molecule has 1 aromatic heterocycles. The molecule has 1 unspecified atom stereocenters. The summed E-state index contributed by atoms with van der Waals surface area (Å²) in [7, 11) is 0. The Balaban J connectivity index is 1.90. The van der Waals surface area contributed by atoms with E-state index in [0.717, 1.165) is 31.6 Å². The molecule has 2 heterocycles. The zero-order chi connectivity index (χ0) is 12.1. The van der Waals surface area contributed by atoms with Crippen LogP contribution in [0.5, 0.6) is 0 Å². The third-order valence-electron chi connectivity index (χ3n) is 3.31. The Morgan fingerprint density at radius 2 is 2.35 bits per heavy atom. The van der Waals surface area contributed by atoms with Gasteiger partial charge in [-0.3, -0.25) is 9.78 Å². The van der Waals surface area contributed by atoms with Gasteiger partial charge in [0.25, 0.3) is 0 Å². The molecule has 1 fully saturated rings. The van der Waals surface area contributed by atoms with Gasteiger partial charge in [-0.1, -0.05) is 6.07 Å². The number of nitrogens with zero attached hydrogens (tertiary/aromatic N) is 2. The first-order chi connectivity index (χ1) is 8.31. The second kappa shape index (κ2) is 5.77. The first-order valence-corrected chi connectivity index (χ1v) is 6.20. The minimum Gasteiger partial charge on any atom is -0.343 e. The third-order valence-corrected chi connectivity index (χ3v) is 3.31. The molecule has 1 aliphatic heterocycles. The van der Waals surface area contributed by atoms with E-state index < -0.39 is 0 Å². The Morgan fingerprint density at radius 3 is 2.94 bits per heavy atom. The van der Waals surface area contributed by atoms with Crippen LogP contribution in [0.25, 0.3) is 0 Å². The van der Waals surface area contributed by atoms with E-state index >= 15 is 0 Å². The van der Waals surface area contributed by atoms with Crippen LogP contribution in [0.15, 0.2) is 24.4 Å². The summed E-state index contributed by atoms with van der Waals surface area (Å²) >= 11 is 0. The van der Waals surface area contributed by atoms with Crippen LogP contribution >= 0.6 is 0 Å². The Hall–Kier alpha value is -1.42. The SMILES string of the molecule is NCC(CCN1CCCC1=O)c1ccccn1. The molecule has 1 amide bonds. The van der Waals surface area contributed by atoms with Crippen LogP contribution in [0.3, 0.4) is 0 Å². The highest BCUT2D eigenvalue weighted by Crippen LogP contribution is 2.18. The predicted octanol–water partition coefficient (Wildman–Crippen LogP) is 1.14. The summed E-state index contributed by atoms with van der Waals surface area (Å²) in [5, 5.41) is 0. The molecule has 1 saturated heterocycles. The van der Waals surface area contributed by atoms with Crippen molar-refractivity contribution in [2.45, 2.75) is 25.2 Å². The molecule has 4 heteroatoms. The van der Waals surface area contributed by atoms with Gasteiger partial charge in [0.15, 0.2) is 0 Å². The lowest BCUT2D eigenvalue weighted by Gasteiger charge is -2.19. The van der Waals surface area contributed by atoms with Crippen LogP contribution < -0.4 is 5.73 Å². The van der Waals surface area contributed by atoms with Crippen molar-refractivity contribution < 1.29 is 4.79 Å². The summed E-state index contributed by atoms with van der Waals surface area (Å²) in [5.74, 6) is 0.534. The average molecular weight is 233 g/mol. The fraction of sp³-hybridized carbons (Fsp3) is 0.538. The molecule has 4 nitrogen and oxygen atoms in total. The Labute approximate surface area is 102 Å². The summed E-state index contributed by atoms with van der Waals surface area (Å²) in [6.07, 6.45) is 4.39. The van der Waals surface area contributed by atoms with E-state index in [2.05, 4.69) is 4.98 Å². The predicted molar refractivity (Wildman–Crippen MR) is 66.5 cm³/mol. The zero-order valence-electron chi connectivity index (χ0n) is 10.0. The van der Waals surface area contributed by atoms with Gasteiger partial charge in [-0.05, 0) is 25.0 Å². The lowest BCUT2D eigenvalue weighted by atomic mass is 10.0. The van der Waals surface area contributed by atoms with Crippen molar-refractivity contribution in [1.29, 1.82) is 0 Å². The quantitative estimate of drug-likeness (QED) is 0.829. The van der Waals surface area contributed by atoms with E-state index in [1.807, 2.05) is 23.1 Å². The second-order valence-electron chi connectivity index (χ2n) is 4.46. The van der Waals surface area contributed by atoms with Crippen LogP contribution in [0.1, 0.15) is 30.9 Å². The second-order valence-corrected chi connectivity index (χ2v) is 4.46. The minimum atomic E-state index is 0.254. The normalized spacial score (nSPS) is 17.5. The number of nitrogens with two attached hydrogens (primary N) is 1. The van der Waals surface area contributed by atoms with Crippen molar-refractivity contribution in [3.8, 4) is 0 Å². The third kappa shape index (κ3) is 3.03. The molecule has 0 bridgehead atoms. The number of rotatable bonds is 5. The molecule has 0 saturated carbocycles. The Kier molecular flexibility index (Phi) is 4.09. The van der Waals surface area contributed by atoms with Gasteiger partial charge in [0.2, 0.25) is 5.91 Å². The maximum absolute atomic E-state index is 11.5. The van der Waals surface area contributed by atoms with E-state index in [4.69, 9.17) is 5.73 Å². The summed E-state index contributed by atoms with van der Waals surface area (Å²) in [5.41, 5.74) is 6.81. The van der Waals surface area contributed by atoms with Gasteiger partial charge >= 0.3 is 0 Å². The molecule has 0 radical (unpaired) electrons. The molecule has 17 heavy (non-hydrogen) atoms. The fourth-order valence-corrected chi connectivity index (χ4v) is 2.26. The average Bonchev–Trinajstić information content (AvgIpc) is 2.77. The number of carbonyl (C=O) groups excluding carboxylic acids is 1. The number of hydrogen-bond acceptors (Lipinski definition) is 3. The van der Waals surface area contributed by atoms with E-state index in [0.29, 0.717) is 13.0 Å². The van der Waals surface area contributed by atoms with Crippen molar-refractivity contribution in [1.82, 2.24) is 9.88 Å². The van der Waals surface area contributed by atoms with Gasteiger partial charge in [-0.2, -0.15) is 0 Å². The summed E-state index contributed by atoms with van der Waals surface area (Å²) in [6.45, 7) is 2.29. The van der Waals surface area contributed by atoms with Crippen LogP contribution in [0, 0.1) is 0 Å². The van der Waals surface area contributed by atoms with Crippen LogP contribution in [0.4, 0.5) is 0 Å². The van der Waals surface area contributed by atoms with E-state index in [9.17, 15) is 4.79 Å². The van der Waals surface area contributed by atoms with Crippen molar-refractivity contribution in [2.75, 3.05) is 19.6 Å². The van der Waals surface area contributed by atoms with Crippen LogP contribution in [-0.2, 0) is 4.79 Å². The maximum Gasteiger partial charge on any atom is 0.222 e. The number of carbonyl (C=O) groups is 1. The van der Waals surface area contributed by atoms with Crippen molar-refractivity contribution in [3.05, 3.63) is 30.1 Å². The number of amides is 1. The van der Waals surface area contributed by atoms with E-state index in [1.165, 1.54) is 0 Å². The number of aromatic nitrogens is 1. The van der Waals surface area contributed by atoms with E-state index in [1.54, 1.807) is 6.20 Å². The van der Waals surface area contributed by atoms with Crippen molar-refractivity contribution >= 4 is 5.91 Å². The van der Waals surface area contributed by atoms with Gasteiger partial charge in [0.05, 0.1) is 0 Å². The lowest BCUT2D eigenvalue weighted by Crippen LogP contribution is -2.28. The Morgan fingerprint density at radius 1 is 1.47 bits per heavy atom. The molecule has 1 atom stereocenters. The summed E-state index contributed by atoms with van der Waals surface area (Å²) in [6, 6.07) is 5.89. The molecule has 0 spiro atoms. The van der Waals surface area contributed by atoms with Crippen molar-refractivity contribution in [2.24, 2.45) is 5.73 Å². The molecular weight excluding hydrogens is 214 g/mol. The fourth-order valence-electron chi connectivity index (χ4n) is 2.26. The molecular formula is C13H19N3O. The number of hydrogen-bond donors (Lipinski definition) is 1. The molecule has 0 aromatic carbocycles. The summed E-state index contributed by atoms with van der Waals surface area (Å²) in [4.78, 5) is 17.8. The number of likely N-dealkylation sites (tertiary alicyclic amines) is 1.